The van der Waals surface area contributed by atoms with Gasteiger partial charge in [0, 0.05) is 0 Å². The van der Waals surface area contributed by atoms with E-state index in [0.29, 0.717) is 48.5 Å². The first-order valence-electron chi connectivity index (χ1n) is 11.2. The van der Waals surface area contributed by atoms with Gasteiger partial charge in [0.05, 0.1) is 25.9 Å². The standard InChI is InChI=1S/C27H36O5/c1-4-6-7-8-15-27(30,5-2)16-14-22-10-9-11-25(26(22)31-3)32-20-21-12-13-23(18-28)24(17-21)19-29/h6-13,15,17,28-30H,4-5,14,16,18-20H2,1-3H3. The maximum Gasteiger partial charge on any atom is 0.163 e. The number of rotatable bonds is 13. The fourth-order valence-electron chi connectivity index (χ4n) is 3.51. The molecule has 32 heavy (non-hydrogen) atoms. The van der Waals surface area contributed by atoms with Crippen LogP contribution in [-0.4, -0.2) is 28.0 Å². The lowest BCUT2D eigenvalue weighted by atomic mass is 9.91. The maximum atomic E-state index is 10.9. The largest absolute Gasteiger partial charge is 0.493 e. The zero-order valence-electron chi connectivity index (χ0n) is 19.4. The lowest BCUT2D eigenvalue weighted by molar-refractivity contribution is 0.0775. The summed E-state index contributed by atoms with van der Waals surface area (Å²) >= 11 is 0. The Morgan fingerprint density at radius 1 is 0.969 bits per heavy atom. The summed E-state index contributed by atoms with van der Waals surface area (Å²) in [5, 5.41) is 29.8. The Labute approximate surface area is 191 Å². The Morgan fingerprint density at radius 2 is 1.75 bits per heavy atom. The van der Waals surface area contributed by atoms with Gasteiger partial charge in [-0.25, -0.2) is 0 Å². The first kappa shape index (κ1) is 25.7. The van der Waals surface area contributed by atoms with Crippen molar-refractivity contribution in [3.05, 3.63) is 83.0 Å². The van der Waals surface area contributed by atoms with E-state index in [0.717, 1.165) is 17.5 Å². The minimum absolute atomic E-state index is 0.110. The van der Waals surface area contributed by atoms with Gasteiger partial charge in [0.1, 0.15) is 6.61 Å². The van der Waals surface area contributed by atoms with Crippen molar-refractivity contribution in [2.75, 3.05) is 7.11 Å². The number of allylic oxidation sites excluding steroid dienone is 3. The van der Waals surface area contributed by atoms with Crippen LogP contribution < -0.4 is 9.47 Å². The Kier molecular flexibility index (Phi) is 10.5. The highest BCUT2D eigenvalue weighted by Gasteiger charge is 2.22. The minimum Gasteiger partial charge on any atom is -0.493 e. The van der Waals surface area contributed by atoms with Crippen molar-refractivity contribution in [1.29, 1.82) is 0 Å². The predicted octanol–water partition coefficient (Wildman–Crippen LogP) is 4.85. The quantitative estimate of drug-likeness (QED) is 0.388. The average Bonchev–Trinajstić information content (AvgIpc) is 2.83. The third kappa shape index (κ3) is 7.23. The number of para-hydroxylation sites is 1. The normalized spacial score (nSPS) is 13.6. The fourth-order valence-corrected chi connectivity index (χ4v) is 3.51. The van der Waals surface area contributed by atoms with Gasteiger partial charge in [-0.05, 0) is 60.1 Å². The second-order valence-electron chi connectivity index (χ2n) is 7.81. The highest BCUT2D eigenvalue weighted by molar-refractivity contribution is 5.47. The van der Waals surface area contributed by atoms with Crippen LogP contribution in [0.4, 0.5) is 0 Å². The topological polar surface area (TPSA) is 79.2 Å². The Bertz CT molecular complexity index is 903. The first-order valence-corrected chi connectivity index (χ1v) is 11.2. The van der Waals surface area contributed by atoms with Crippen LogP contribution in [0.5, 0.6) is 11.5 Å². The summed E-state index contributed by atoms with van der Waals surface area (Å²) in [5.41, 5.74) is 2.38. The predicted molar refractivity (Wildman–Crippen MR) is 128 cm³/mol. The molecule has 0 saturated heterocycles. The van der Waals surface area contributed by atoms with Crippen molar-refractivity contribution in [3.63, 3.8) is 0 Å². The van der Waals surface area contributed by atoms with Crippen LogP contribution in [0.2, 0.25) is 0 Å². The molecule has 2 aromatic carbocycles. The van der Waals surface area contributed by atoms with Crippen LogP contribution in [0.1, 0.15) is 55.4 Å². The van der Waals surface area contributed by atoms with Crippen LogP contribution in [0, 0.1) is 0 Å². The summed E-state index contributed by atoms with van der Waals surface area (Å²) in [6, 6.07) is 11.3. The Balaban J connectivity index is 2.12. The highest BCUT2D eigenvalue weighted by atomic mass is 16.5. The maximum absolute atomic E-state index is 10.9. The number of aryl methyl sites for hydroxylation is 1. The molecule has 0 heterocycles. The van der Waals surface area contributed by atoms with Crippen molar-refractivity contribution in [1.82, 2.24) is 0 Å². The molecule has 0 aliphatic carbocycles. The molecular weight excluding hydrogens is 404 g/mol. The average molecular weight is 441 g/mol. The summed E-state index contributed by atoms with van der Waals surface area (Å²) in [6.07, 6.45) is 10.6. The van der Waals surface area contributed by atoms with Crippen LogP contribution in [0.3, 0.4) is 0 Å². The number of aliphatic hydroxyl groups excluding tert-OH is 2. The van der Waals surface area contributed by atoms with E-state index in [2.05, 4.69) is 13.0 Å². The molecule has 5 nitrogen and oxygen atoms in total. The molecule has 0 aliphatic heterocycles. The van der Waals surface area contributed by atoms with Gasteiger partial charge in [-0.1, -0.05) is 62.4 Å². The van der Waals surface area contributed by atoms with Crippen molar-refractivity contribution in [2.24, 2.45) is 0 Å². The van der Waals surface area contributed by atoms with E-state index in [4.69, 9.17) is 9.47 Å². The molecule has 0 fully saturated rings. The van der Waals surface area contributed by atoms with Gasteiger partial charge >= 0.3 is 0 Å². The first-order chi connectivity index (χ1) is 15.5. The van der Waals surface area contributed by atoms with E-state index in [1.807, 2.05) is 55.5 Å². The second-order valence-corrected chi connectivity index (χ2v) is 7.81. The van der Waals surface area contributed by atoms with E-state index in [1.54, 1.807) is 13.2 Å². The van der Waals surface area contributed by atoms with Crippen molar-refractivity contribution in [2.45, 2.75) is 65.0 Å². The van der Waals surface area contributed by atoms with Crippen LogP contribution in [-0.2, 0) is 26.2 Å². The summed E-state index contributed by atoms with van der Waals surface area (Å²) in [5.74, 6) is 1.29. The molecule has 2 aromatic rings. The van der Waals surface area contributed by atoms with E-state index < -0.39 is 5.60 Å². The van der Waals surface area contributed by atoms with Crippen LogP contribution in [0.15, 0.2) is 60.7 Å². The molecule has 1 atom stereocenters. The highest BCUT2D eigenvalue weighted by Crippen LogP contribution is 2.34. The molecule has 0 amide bonds. The van der Waals surface area contributed by atoms with Crippen molar-refractivity contribution >= 4 is 0 Å². The van der Waals surface area contributed by atoms with Gasteiger partial charge in [-0.2, -0.15) is 0 Å². The number of benzene rings is 2. The van der Waals surface area contributed by atoms with Gasteiger partial charge in [-0.15, -0.1) is 0 Å². The van der Waals surface area contributed by atoms with Gasteiger partial charge in [0.25, 0.3) is 0 Å². The lowest BCUT2D eigenvalue weighted by Crippen LogP contribution is -2.25. The number of hydrogen-bond donors (Lipinski definition) is 3. The second kappa shape index (κ2) is 13.1. The van der Waals surface area contributed by atoms with Crippen molar-refractivity contribution < 1.29 is 24.8 Å². The van der Waals surface area contributed by atoms with Gasteiger partial charge in [-0.3, -0.25) is 0 Å². The van der Waals surface area contributed by atoms with E-state index in [-0.39, 0.29) is 13.2 Å². The summed E-state index contributed by atoms with van der Waals surface area (Å²) in [7, 11) is 1.62. The number of methoxy groups -OCH3 is 1. The molecule has 0 aliphatic rings. The molecule has 174 valence electrons. The third-order valence-electron chi connectivity index (χ3n) is 5.60. The minimum atomic E-state index is -0.880. The molecule has 2 rings (SSSR count). The molecule has 0 aromatic heterocycles. The van der Waals surface area contributed by atoms with Crippen LogP contribution in [0.25, 0.3) is 0 Å². The smallest absolute Gasteiger partial charge is 0.163 e. The summed E-state index contributed by atoms with van der Waals surface area (Å²) in [6.45, 7) is 4.12. The van der Waals surface area contributed by atoms with Gasteiger partial charge in [0.2, 0.25) is 0 Å². The Morgan fingerprint density at radius 3 is 2.41 bits per heavy atom. The molecular formula is C27H36O5. The molecule has 0 saturated carbocycles. The molecule has 5 heteroatoms. The lowest BCUT2D eigenvalue weighted by Gasteiger charge is -2.23. The zero-order valence-corrected chi connectivity index (χ0v) is 19.4. The number of aliphatic hydroxyl groups is 3. The summed E-state index contributed by atoms with van der Waals surface area (Å²) in [4.78, 5) is 0. The van der Waals surface area contributed by atoms with E-state index in [9.17, 15) is 15.3 Å². The number of ether oxygens (including phenoxy) is 2. The fraction of sp³-hybridized carbons (Fsp3) is 0.407. The molecule has 0 spiro atoms. The van der Waals surface area contributed by atoms with E-state index >= 15 is 0 Å². The third-order valence-corrected chi connectivity index (χ3v) is 5.60. The summed E-state index contributed by atoms with van der Waals surface area (Å²) < 4.78 is 11.7. The SMILES string of the molecule is CCC=CC=CC(O)(CC)CCc1cccc(OCc2ccc(CO)c(CO)c2)c1OC. The monoisotopic (exact) mass is 440 g/mol. The van der Waals surface area contributed by atoms with Gasteiger partial charge in [0.15, 0.2) is 11.5 Å². The van der Waals surface area contributed by atoms with Crippen LogP contribution >= 0.6 is 0 Å². The zero-order chi connectivity index (χ0) is 23.4. The Hall–Kier alpha value is -2.60. The van der Waals surface area contributed by atoms with Gasteiger partial charge < -0.3 is 24.8 Å². The molecule has 0 bridgehead atoms. The van der Waals surface area contributed by atoms with Crippen molar-refractivity contribution in [3.8, 4) is 11.5 Å². The molecule has 0 radical (unpaired) electrons. The van der Waals surface area contributed by atoms with E-state index in [1.165, 1.54) is 0 Å². The molecule has 1 unspecified atom stereocenters. The molecule has 3 N–H and O–H groups in total. The number of hydrogen-bond acceptors (Lipinski definition) is 5.